The van der Waals surface area contributed by atoms with E-state index in [1.165, 1.54) is 22.3 Å². The Morgan fingerprint density at radius 1 is 1.11 bits per heavy atom. The van der Waals surface area contributed by atoms with Crippen molar-refractivity contribution in [1.29, 1.82) is 0 Å². The molecule has 0 aliphatic carbocycles. The van der Waals surface area contributed by atoms with Gasteiger partial charge in [0.05, 0.1) is 7.11 Å². The number of aryl methyl sites for hydroxylation is 1. The van der Waals surface area contributed by atoms with Crippen molar-refractivity contribution < 1.29 is 4.74 Å². The Labute approximate surface area is 118 Å². The monoisotopic (exact) mass is 263 g/mol. The van der Waals surface area contributed by atoms with Crippen LogP contribution in [0.5, 0.6) is 5.75 Å². The summed E-state index contributed by atoms with van der Waals surface area (Å²) in [5.41, 5.74) is 5.59. The molecule has 0 radical (unpaired) electrons. The Kier molecular flexibility index (Phi) is 5.42. The van der Waals surface area contributed by atoms with Crippen LogP contribution >= 0.6 is 0 Å². The molecule has 0 fully saturated rings. The van der Waals surface area contributed by atoms with Gasteiger partial charge in [0.2, 0.25) is 0 Å². The van der Waals surface area contributed by atoms with Crippen LogP contribution in [0.15, 0.2) is 6.07 Å². The van der Waals surface area contributed by atoms with E-state index in [4.69, 9.17) is 4.74 Å². The number of methoxy groups -OCH3 is 1. The van der Waals surface area contributed by atoms with E-state index in [0.29, 0.717) is 0 Å². The summed E-state index contributed by atoms with van der Waals surface area (Å²) >= 11 is 0. The van der Waals surface area contributed by atoms with Gasteiger partial charge in [-0.1, -0.05) is 19.9 Å². The van der Waals surface area contributed by atoms with Gasteiger partial charge in [0.25, 0.3) is 0 Å². The van der Waals surface area contributed by atoms with Gasteiger partial charge in [0, 0.05) is 12.0 Å². The molecule has 0 unspecified atom stereocenters. The fraction of sp³-hybridized carbons (Fsp3) is 0.647. The van der Waals surface area contributed by atoms with Crippen molar-refractivity contribution in [2.24, 2.45) is 0 Å². The van der Waals surface area contributed by atoms with E-state index in [2.05, 4.69) is 46.0 Å². The fourth-order valence-electron chi connectivity index (χ4n) is 3.24. The average Bonchev–Trinajstić information content (AvgIpc) is 2.41. The van der Waals surface area contributed by atoms with Crippen LogP contribution in [0.2, 0.25) is 0 Å². The summed E-state index contributed by atoms with van der Waals surface area (Å²) in [6.45, 7) is 12.1. The maximum absolute atomic E-state index is 5.54. The third-order valence-corrected chi connectivity index (χ3v) is 4.67. The van der Waals surface area contributed by atoms with Crippen molar-refractivity contribution in [3.63, 3.8) is 0 Å². The predicted molar refractivity (Wildman–Crippen MR) is 83.4 cm³/mol. The van der Waals surface area contributed by atoms with Gasteiger partial charge in [-0.25, -0.2) is 0 Å². The number of rotatable bonds is 6. The second-order valence-corrected chi connectivity index (χ2v) is 5.54. The molecule has 1 rings (SSSR count). The van der Waals surface area contributed by atoms with E-state index in [9.17, 15) is 0 Å². The molecular formula is C17H29NO. The third-order valence-electron chi connectivity index (χ3n) is 4.67. The maximum atomic E-state index is 5.54. The number of hydrogen-bond donors (Lipinski definition) is 1. The van der Waals surface area contributed by atoms with Crippen LogP contribution in [0.3, 0.4) is 0 Å². The van der Waals surface area contributed by atoms with Crippen LogP contribution in [0, 0.1) is 20.8 Å². The van der Waals surface area contributed by atoms with Crippen molar-refractivity contribution >= 4 is 0 Å². The number of benzene rings is 1. The van der Waals surface area contributed by atoms with Crippen LogP contribution in [0.25, 0.3) is 0 Å². The first-order chi connectivity index (χ1) is 8.97. The first-order valence-electron chi connectivity index (χ1n) is 7.27. The predicted octanol–water partition coefficient (Wildman–Crippen LogP) is 3.90. The molecule has 0 amide bonds. The van der Waals surface area contributed by atoms with Gasteiger partial charge in [0.15, 0.2) is 0 Å². The highest BCUT2D eigenvalue weighted by Crippen LogP contribution is 2.38. The van der Waals surface area contributed by atoms with E-state index in [0.717, 1.165) is 25.1 Å². The normalized spacial score (nSPS) is 11.7. The highest BCUT2D eigenvalue weighted by atomic mass is 16.5. The van der Waals surface area contributed by atoms with Gasteiger partial charge < -0.3 is 10.1 Å². The largest absolute Gasteiger partial charge is 0.496 e. The van der Waals surface area contributed by atoms with Crippen molar-refractivity contribution in [1.82, 2.24) is 5.32 Å². The second-order valence-electron chi connectivity index (χ2n) is 5.54. The van der Waals surface area contributed by atoms with Gasteiger partial charge in [-0.05, 0) is 62.9 Å². The Balaban J connectivity index is 3.48. The third kappa shape index (κ3) is 2.79. The lowest BCUT2D eigenvalue weighted by Crippen LogP contribution is -2.36. The summed E-state index contributed by atoms with van der Waals surface area (Å²) < 4.78 is 5.54. The van der Waals surface area contributed by atoms with Gasteiger partial charge >= 0.3 is 0 Å². The lowest BCUT2D eigenvalue weighted by Gasteiger charge is -2.35. The number of ether oxygens (including phenoxy) is 1. The summed E-state index contributed by atoms with van der Waals surface area (Å²) in [4.78, 5) is 0. The first kappa shape index (κ1) is 16.0. The standard InChI is InChI=1S/C17H29NO/c1-8-17(9-2,11-18-6)15-10-12(3)16(19-7)14(5)13(15)4/h10,18H,8-9,11H2,1-7H3. The van der Waals surface area contributed by atoms with E-state index < -0.39 is 0 Å². The van der Waals surface area contributed by atoms with Crippen LogP contribution in [-0.2, 0) is 5.41 Å². The number of hydrogen-bond acceptors (Lipinski definition) is 2. The lowest BCUT2D eigenvalue weighted by molar-refractivity contribution is 0.375. The summed E-state index contributed by atoms with van der Waals surface area (Å²) in [6.07, 6.45) is 2.30. The molecule has 0 aliphatic heterocycles. The molecular weight excluding hydrogens is 234 g/mol. The van der Waals surface area contributed by atoms with Crippen LogP contribution in [0.1, 0.15) is 48.9 Å². The molecule has 2 heteroatoms. The topological polar surface area (TPSA) is 21.3 Å². The second kappa shape index (κ2) is 6.42. The van der Waals surface area contributed by atoms with Crippen molar-refractivity contribution in [3.8, 4) is 5.75 Å². The number of nitrogens with one attached hydrogen (secondary N) is 1. The highest BCUT2D eigenvalue weighted by molar-refractivity contribution is 5.51. The fourth-order valence-corrected chi connectivity index (χ4v) is 3.24. The van der Waals surface area contributed by atoms with Gasteiger partial charge in [-0.15, -0.1) is 0 Å². The SMILES string of the molecule is CCC(CC)(CNC)c1cc(C)c(OC)c(C)c1C. The molecule has 0 saturated carbocycles. The average molecular weight is 263 g/mol. The smallest absolute Gasteiger partial charge is 0.124 e. The summed E-state index contributed by atoms with van der Waals surface area (Å²) in [6, 6.07) is 2.32. The minimum absolute atomic E-state index is 0.223. The molecule has 0 spiro atoms. The zero-order chi connectivity index (χ0) is 14.6. The van der Waals surface area contributed by atoms with Crippen molar-refractivity contribution in [2.75, 3.05) is 20.7 Å². The molecule has 108 valence electrons. The Morgan fingerprint density at radius 2 is 1.68 bits per heavy atom. The molecule has 1 aromatic carbocycles. The molecule has 0 aliphatic rings. The summed E-state index contributed by atoms with van der Waals surface area (Å²) in [5.74, 6) is 1.03. The van der Waals surface area contributed by atoms with Crippen LogP contribution in [-0.4, -0.2) is 20.7 Å². The Hall–Kier alpha value is -1.02. The quantitative estimate of drug-likeness (QED) is 0.840. The molecule has 0 atom stereocenters. The Morgan fingerprint density at radius 3 is 2.11 bits per heavy atom. The van der Waals surface area contributed by atoms with Gasteiger partial charge in [-0.2, -0.15) is 0 Å². The Bertz CT molecular complexity index is 433. The molecule has 0 aromatic heterocycles. The van der Waals surface area contributed by atoms with Crippen LogP contribution in [0.4, 0.5) is 0 Å². The molecule has 2 nitrogen and oxygen atoms in total. The zero-order valence-electron chi connectivity index (χ0n) is 13.6. The van der Waals surface area contributed by atoms with Gasteiger partial charge in [0.1, 0.15) is 5.75 Å². The first-order valence-corrected chi connectivity index (χ1v) is 7.27. The molecule has 0 bridgehead atoms. The molecule has 1 N–H and O–H groups in total. The highest BCUT2D eigenvalue weighted by Gasteiger charge is 2.30. The summed E-state index contributed by atoms with van der Waals surface area (Å²) in [5, 5.41) is 3.37. The summed E-state index contributed by atoms with van der Waals surface area (Å²) in [7, 11) is 3.80. The number of likely N-dealkylation sites (N-methyl/N-ethyl adjacent to an activating group) is 1. The lowest BCUT2D eigenvalue weighted by atomic mass is 9.72. The van der Waals surface area contributed by atoms with Gasteiger partial charge in [-0.3, -0.25) is 0 Å². The van der Waals surface area contributed by atoms with Crippen molar-refractivity contribution in [3.05, 3.63) is 28.3 Å². The van der Waals surface area contributed by atoms with E-state index in [1.807, 2.05) is 7.05 Å². The molecule has 0 saturated heterocycles. The minimum atomic E-state index is 0.223. The minimum Gasteiger partial charge on any atom is -0.496 e. The molecule has 1 aromatic rings. The van der Waals surface area contributed by atoms with Crippen molar-refractivity contribution in [2.45, 2.75) is 52.9 Å². The van der Waals surface area contributed by atoms with E-state index in [1.54, 1.807) is 7.11 Å². The molecule has 0 heterocycles. The van der Waals surface area contributed by atoms with E-state index in [-0.39, 0.29) is 5.41 Å². The zero-order valence-corrected chi connectivity index (χ0v) is 13.6. The van der Waals surface area contributed by atoms with Crippen LogP contribution < -0.4 is 10.1 Å². The van der Waals surface area contributed by atoms with E-state index >= 15 is 0 Å². The maximum Gasteiger partial charge on any atom is 0.124 e. The molecule has 19 heavy (non-hydrogen) atoms.